The number of aromatic nitrogens is 4. The van der Waals surface area contributed by atoms with Crippen LogP contribution in [-0.4, -0.2) is 88.2 Å². The Morgan fingerprint density at radius 1 is 1.13 bits per heavy atom. The van der Waals surface area contributed by atoms with Crippen LogP contribution < -0.4 is 10.2 Å². The predicted molar refractivity (Wildman–Crippen MR) is 151 cm³/mol. The average molecular weight is 535 g/mol. The highest BCUT2D eigenvalue weighted by Crippen LogP contribution is 2.35. The Morgan fingerprint density at radius 3 is 2.62 bits per heavy atom. The van der Waals surface area contributed by atoms with Crippen molar-refractivity contribution in [2.45, 2.75) is 57.6 Å². The van der Waals surface area contributed by atoms with Crippen molar-refractivity contribution in [3.05, 3.63) is 36.3 Å². The molecule has 0 radical (unpaired) electrons. The third-order valence-electron chi connectivity index (χ3n) is 7.50. The van der Waals surface area contributed by atoms with Crippen molar-refractivity contribution in [3.63, 3.8) is 0 Å². The van der Waals surface area contributed by atoms with E-state index in [-0.39, 0.29) is 24.1 Å². The van der Waals surface area contributed by atoms with Crippen LogP contribution in [0.15, 0.2) is 30.6 Å². The number of hydrogen-bond acceptors (Lipinski definition) is 8. The van der Waals surface area contributed by atoms with Crippen molar-refractivity contribution in [2.24, 2.45) is 0 Å². The predicted octanol–water partition coefficient (Wildman–Crippen LogP) is 4.44. The summed E-state index contributed by atoms with van der Waals surface area (Å²) in [5.41, 5.74) is 2.08. The van der Waals surface area contributed by atoms with Crippen molar-refractivity contribution >= 4 is 40.5 Å². The molecule has 4 heterocycles. The molecule has 1 atom stereocenters. The van der Waals surface area contributed by atoms with Crippen molar-refractivity contribution in [1.82, 2.24) is 29.3 Å². The minimum absolute atomic E-state index is 0.0395. The van der Waals surface area contributed by atoms with Gasteiger partial charge in [0.15, 0.2) is 0 Å². The van der Waals surface area contributed by atoms with Gasteiger partial charge in [-0.2, -0.15) is 4.98 Å². The molecule has 208 valence electrons. The number of amides is 2. The van der Waals surface area contributed by atoms with Crippen molar-refractivity contribution in [2.75, 3.05) is 51.0 Å². The SMILES string of the molecule is CCCN(C)CCC1CN(c2ccc(Nc3ncc4cc(C(=O)N(C)C)n(C5CCCC5)c4n3)nc2)C(=O)O1. The zero-order valence-electron chi connectivity index (χ0n) is 23.3. The third kappa shape index (κ3) is 5.83. The number of hydrogen-bond donors (Lipinski definition) is 1. The molecule has 1 N–H and O–H groups in total. The molecule has 0 spiro atoms. The summed E-state index contributed by atoms with van der Waals surface area (Å²) in [5.74, 6) is 0.926. The Kier molecular flexibility index (Phi) is 7.97. The van der Waals surface area contributed by atoms with Crippen LogP contribution in [0.3, 0.4) is 0 Å². The first-order chi connectivity index (χ1) is 18.8. The van der Waals surface area contributed by atoms with Crippen LogP contribution in [0.25, 0.3) is 11.0 Å². The minimum Gasteiger partial charge on any atom is -0.444 e. The molecule has 2 amide bonds. The van der Waals surface area contributed by atoms with Gasteiger partial charge >= 0.3 is 6.09 Å². The highest BCUT2D eigenvalue weighted by atomic mass is 16.6. The summed E-state index contributed by atoms with van der Waals surface area (Å²) in [6.07, 6.45) is 9.18. The number of ether oxygens (including phenoxy) is 1. The van der Waals surface area contributed by atoms with Gasteiger partial charge < -0.3 is 24.4 Å². The van der Waals surface area contributed by atoms with E-state index in [4.69, 9.17) is 9.72 Å². The van der Waals surface area contributed by atoms with Gasteiger partial charge in [0.1, 0.15) is 23.3 Å². The summed E-state index contributed by atoms with van der Waals surface area (Å²) >= 11 is 0. The lowest BCUT2D eigenvalue weighted by Crippen LogP contribution is -2.27. The van der Waals surface area contributed by atoms with Gasteiger partial charge in [0.2, 0.25) is 5.95 Å². The fourth-order valence-electron chi connectivity index (χ4n) is 5.47. The fourth-order valence-corrected chi connectivity index (χ4v) is 5.47. The molecule has 1 saturated heterocycles. The first kappa shape index (κ1) is 26.9. The Balaban J connectivity index is 1.30. The summed E-state index contributed by atoms with van der Waals surface area (Å²) in [6.45, 7) is 4.59. The first-order valence-corrected chi connectivity index (χ1v) is 13.8. The van der Waals surface area contributed by atoms with Crippen LogP contribution in [0.4, 0.5) is 22.2 Å². The second-order valence-electron chi connectivity index (χ2n) is 10.7. The van der Waals surface area contributed by atoms with E-state index in [1.807, 2.05) is 12.1 Å². The van der Waals surface area contributed by atoms with Crippen molar-refractivity contribution < 1.29 is 14.3 Å². The Labute approximate surface area is 229 Å². The number of rotatable bonds is 10. The highest BCUT2D eigenvalue weighted by Gasteiger charge is 2.32. The van der Waals surface area contributed by atoms with Gasteiger partial charge in [0, 0.05) is 38.3 Å². The quantitative estimate of drug-likeness (QED) is 0.407. The Morgan fingerprint density at radius 2 is 1.92 bits per heavy atom. The van der Waals surface area contributed by atoms with Gasteiger partial charge in [-0.1, -0.05) is 19.8 Å². The molecule has 2 fully saturated rings. The molecule has 5 rings (SSSR count). The van der Waals surface area contributed by atoms with Gasteiger partial charge in [-0.25, -0.2) is 14.8 Å². The second kappa shape index (κ2) is 11.6. The van der Waals surface area contributed by atoms with Gasteiger partial charge in [0.25, 0.3) is 5.91 Å². The number of pyridine rings is 1. The molecule has 1 aliphatic carbocycles. The average Bonchev–Trinajstić information content (AvgIpc) is 3.66. The van der Waals surface area contributed by atoms with Crippen LogP contribution in [0.1, 0.15) is 62.0 Å². The Bertz CT molecular complexity index is 1320. The number of carbonyl (C=O) groups excluding carboxylic acids is 2. The molecule has 11 nitrogen and oxygen atoms in total. The molecule has 1 saturated carbocycles. The van der Waals surface area contributed by atoms with E-state index in [1.54, 1.807) is 42.4 Å². The van der Waals surface area contributed by atoms with Crippen LogP contribution in [0, 0.1) is 0 Å². The van der Waals surface area contributed by atoms with Crippen LogP contribution in [0.2, 0.25) is 0 Å². The summed E-state index contributed by atoms with van der Waals surface area (Å²) in [4.78, 5) is 44.7. The molecule has 39 heavy (non-hydrogen) atoms. The van der Waals surface area contributed by atoms with Gasteiger partial charge in [0.05, 0.1) is 18.4 Å². The maximum Gasteiger partial charge on any atom is 0.414 e. The summed E-state index contributed by atoms with van der Waals surface area (Å²) in [7, 11) is 5.62. The zero-order valence-corrected chi connectivity index (χ0v) is 23.3. The number of nitrogens with one attached hydrogen (secondary N) is 1. The van der Waals surface area contributed by atoms with Crippen LogP contribution in [-0.2, 0) is 4.74 Å². The van der Waals surface area contributed by atoms with E-state index >= 15 is 0 Å². The van der Waals surface area contributed by atoms with Crippen LogP contribution >= 0.6 is 0 Å². The lowest BCUT2D eigenvalue weighted by atomic mass is 10.2. The monoisotopic (exact) mass is 534 g/mol. The van der Waals surface area contributed by atoms with Crippen LogP contribution in [0.5, 0.6) is 0 Å². The minimum atomic E-state index is -0.342. The number of anilines is 3. The summed E-state index contributed by atoms with van der Waals surface area (Å²) in [6, 6.07) is 5.78. The number of fused-ring (bicyclic) bond motifs is 1. The van der Waals surface area contributed by atoms with Crippen molar-refractivity contribution in [3.8, 4) is 0 Å². The normalized spacial score (nSPS) is 17.8. The second-order valence-corrected chi connectivity index (χ2v) is 10.7. The van der Waals surface area contributed by atoms with E-state index in [9.17, 15) is 9.59 Å². The van der Waals surface area contributed by atoms with E-state index in [0.29, 0.717) is 29.7 Å². The molecule has 2 aliphatic rings. The third-order valence-corrected chi connectivity index (χ3v) is 7.50. The molecule has 3 aromatic rings. The Hall–Kier alpha value is -3.73. The molecule has 0 bridgehead atoms. The van der Waals surface area contributed by atoms with E-state index in [2.05, 4.69) is 38.7 Å². The molecule has 11 heteroatoms. The van der Waals surface area contributed by atoms with E-state index in [1.165, 1.54) is 0 Å². The first-order valence-electron chi connectivity index (χ1n) is 13.8. The maximum atomic E-state index is 12.9. The number of carbonyl (C=O) groups is 2. The zero-order chi connectivity index (χ0) is 27.5. The number of nitrogens with zero attached hydrogens (tertiary/aromatic N) is 7. The topological polar surface area (TPSA) is 109 Å². The maximum absolute atomic E-state index is 12.9. The van der Waals surface area contributed by atoms with E-state index < -0.39 is 0 Å². The molecular formula is C28H38N8O3. The standard InChI is InChI=1S/C28H38N8O3/c1-5-13-34(4)14-12-22-18-35(28(38)39-22)21-10-11-24(29-17-21)31-27-30-16-19-15-23(26(37)33(2)3)36(25(19)32-27)20-8-6-7-9-20/h10-11,15-17,20,22H,5-9,12-14,18H2,1-4H3,(H,29,30,31,32). The van der Waals surface area contributed by atoms with Gasteiger partial charge in [-0.3, -0.25) is 9.69 Å². The van der Waals surface area contributed by atoms with Crippen molar-refractivity contribution in [1.29, 1.82) is 0 Å². The summed E-state index contributed by atoms with van der Waals surface area (Å²) in [5, 5.41) is 4.01. The lowest BCUT2D eigenvalue weighted by molar-refractivity contribution is 0.0815. The van der Waals surface area contributed by atoms with Gasteiger partial charge in [-0.05, 0) is 57.5 Å². The molecular weight excluding hydrogens is 496 g/mol. The molecule has 0 aromatic carbocycles. The van der Waals surface area contributed by atoms with E-state index in [0.717, 1.165) is 62.6 Å². The molecule has 1 aliphatic heterocycles. The lowest BCUT2D eigenvalue weighted by Gasteiger charge is -2.19. The molecule has 1 unspecified atom stereocenters. The largest absolute Gasteiger partial charge is 0.444 e. The highest BCUT2D eigenvalue weighted by molar-refractivity contribution is 5.98. The smallest absolute Gasteiger partial charge is 0.414 e. The number of cyclic esters (lactones) is 1. The van der Waals surface area contributed by atoms with Gasteiger partial charge in [-0.15, -0.1) is 0 Å². The summed E-state index contributed by atoms with van der Waals surface area (Å²) < 4.78 is 7.66. The molecule has 3 aromatic heterocycles. The fraction of sp³-hybridized carbons (Fsp3) is 0.536.